The molecule has 1 rings (SSSR count). The molecular weight excluding hydrogens is 399 g/mol. The highest BCUT2D eigenvalue weighted by Crippen LogP contribution is 2.48. The van der Waals surface area contributed by atoms with Gasteiger partial charge in [0.25, 0.3) is 0 Å². The van der Waals surface area contributed by atoms with Gasteiger partial charge in [-0.25, -0.2) is 0 Å². The highest BCUT2D eigenvalue weighted by Gasteiger charge is 2.62. The van der Waals surface area contributed by atoms with Crippen molar-refractivity contribution in [3.63, 3.8) is 0 Å². The van der Waals surface area contributed by atoms with Gasteiger partial charge in [0, 0.05) is 23.9 Å². The number of amides is 1. The Morgan fingerprint density at radius 2 is 1.50 bits per heavy atom. The van der Waals surface area contributed by atoms with Crippen LogP contribution in [0.1, 0.15) is 6.42 Å². The summed E-state index contributed by atoms with van der Waals surface area (Å²) in [6.45, 7) is 23.5. The van der Waals surface area contributed by atoms with Crippen LogP contribution < -0.4 is 10.4 Å². The molecule has 6 nitrogen and oxygen atoms in total. The largest absolute Gasteiger partial charge is 0.530 e. The number of carbonyl (C=O) groups is 1. The third-order valence-electron chi connectivity index (χ3n) is 2.64. The number of carbonyl (C=O) groups excluding carboxylic acids is 1. The Balaban J connectivity index is 0. The van der Waals surface area contributed by atoms with Crippen molar-refractivity contribution in [2.75, 3.05) is 6.54 Å². The molecule has 0 aliphatic heterocycles. The third kappa shape index (κ3) is 13.9. The summed E-state index contributed by atoms with van der Waals surface area (Å²) in [7, 11) is -4.76. The molecule has 0 aromatic rings. The number of hydrogen-bond acceptors (Lipinski definition) is 5. The van der Waals surface area contributed by atoms with Gasteiger partial charge in [-0.1, -0.05) is 6.08 Å². The summed E-state index contributed by atoms with van der Waals surface area (Å²) in [5.41, 5.74) is 0. The lowest BCUT2D eigenvalue weighted by molar-refractivity contribution is -0.250. The summed E-state index contributed by atoms with van der Waals surface area (Å²) < 4.78 is 18.8. The normalized spacial score (nSPS) is 18.7. The van der Waals surface area contributed by atoms with Crippen molar-refractivity contribution in [2.24, 2.45) is 0 Å². The van der Waals surface area contributed by atoms with E-state index in [1.165, 1.54) is 6.08 Å². The van der Waals surface area contributed by atoms with Gasteiger partial charge in [0.1, 0.15) is 12.2 Å². The van der Waals surface area contributed by atoms with Crippen LogP contribution in [0.3, 0.4) is 0 Å². The van der Waals surface area contributed by atoms with E-state index in [9.17, 15) is 9.90 Å². The summed E-state index contributed by atoms with van der Waals surface area (Å²) in [5, 5.41) is 11.5. The van der Waals surface area contributed by atoms with E-state index in [-0.39, 0.29) is 23.6 Å². The van der Waals surface area contributed by atoms with Crippen LogP contribution in [0.5, 0.6) is 0 Å². The Kier molecular flexibility index (Phi) is 11.1. The number of hydrogen-bond donors (Lipinski definition) is 1. The average molecular weight is 435 g/mol. The van der Waals surface area contributed by atoms with Crippen LogP contribution in [0, 0.1) is 0 Å². The summed E-state index contributed by atoms with van der Waals surface area (Å²) in [4.78, 5) is 9.49. The minimum absolute atomic E-state index is 0. The molecule has 0 spiro atoms. The minimum Gasteiger partial charge on any atom is -0.530 e. The second kappa shape index (κ2) is 10.3. The smallest absolute Gasteiger partial charge is 0.187 e. The maximum absolute atomic E-state index is 9.49. The van der Waals surface area contributed by atoms with Crippen LogP contribution in [-0.4, -0.2) is 60.4 Å². The highest BCUT2D eigenvalue weighted by molar-refractivity contribution is 6.71. The molecule has 1 atom stereocenters. The molecule has 1 amide bonds. The summed E-state index contributed by atoms with van der Waals surface area (Å²) in [6.07, 6.45) is 1.24. The standard InChI is InChI=1S/C12H30O3Si3.C4H7NO2.Si/c1-16(2,3)13-11-10-12(11,14-17(4,5)6)15-18(7,8)9;1-2-3-5-4(6)7;/h11H,10H2,1-9H3;2,5H,1,3H2,(H,6,7);/p-1. The van der Waals surface area contributed by atoms with Gasteiger partial charge in [-0.3, -0.25) is 0 Å². The van der Waals surface area contributed by atoms with Gasteiger partial charge in [-0.2, -0.15) is 0 Å². The second-order valence-electron chi connectivity index (χ2n) is 9.12. The van der Waals surface area contributed by atoms with Crippen LogP contribution in [0.2, 0.25) is 58.9 Å². The van der Waals surface area contributed by atoms with E-state index in [2.05, 4.69) is 65.5 Å². The van der Waals surface area contributed by atoms with Gasteiger partial charge in [0.05, 0.1) is 0 Å². The molecule has 26 heavy (non-hydrogen) atoms. The SMILES string of the molecule is C=CCNC(=O)[O-].C[Si](C)(C)OC1CC1(O[Si](C)(C)C)O[Si](C)(C)C.[Si]. The quantitative estimate of drug-likeness (QED) is 0.361. The van der Waals surface area contributed by atoms with E-state index in [1.54, 1.807) is 0 Å². The fourth-order valence-corrected chi connectivity index (χ4v) is 5.97. The predicted molar refractivity (Wildman–Crippen MR) is 114 cm³/mol. The van der Waals surface area contributed by atoms with E-state index in [4.69, 9.17) is 13.3 Å². The van der Waals surface area contributed by atoms with Crippen molar-refractivity contribution >= 4 is 42.0 Å². The molecule has 10 heteroatoms. The van der Waals surface area contributed by atoms with Crippen molar-refractivity contribution in [3.05, 3.63) is 12.7 Å². The van der Waals surface area contributed by atoms with Gasteiger partial charge >= 0.3 is 0 Å². The molecule has 0 heterocycles. The van der Waals surface area contributed by atoms with Gasteiger partial charge in [0.15, 0.2) is 30.7 Å². The molecule has 152 valence electrons. The molecule has 1 aliphatic carbocycles. The molecule has 0 bridgehead atoms. The molecule has 1 unspecified atom stereocenters. The van der Waals surface area contributed by atoms with Gasteiger partial charge in [-0.05, 0) is 58.9 Å². The lowest BCUT2D eigenvalue weighted by Crippen LogP contribution is -2.45. The van der Waals surface area contributed by atoms with Crippen molar-refractivity contribution in [1.29, 1.82) is 0 Å². The summed E-state index contributed by atoms with van der Waals surface area (Å²) in [6, 6.07) is 0. The zero-order valence-electron chi connectivity index (χ0n) is 17.8. The Labute approximate surface area is 167 Å². The molecule has 1 fully saturated rings. The molecule has 0 aromatic heterocycles. The molecule has 1 saturated carbocycles. The number of carboxylic acid groups (broad SMARTS) is 1. The second-order valence-corrected chi connectivity index (χ2v) is 22.4. The number of nitrogens with one attached hydrogen (secondary N) is 1. The Morgan fingerprint density at radius 1 is 1.08 bits per heavy atom. The number of rotatable bonds is 8. The monoisotopic (exact) mass is 434 g/mol. The van der Waals surface area contributed by atoms with Crippen LogP contribution >= 0.6 is 0 Å². The molecule has 0 aromatic carbocycles. The van der Waals surface area contributed by atoms with Crippen molar-refractivity contribution in [2.45, 2.75) is 77.2 Å². The molecule has 1 aliphatic rings. The maximum Gasteiger partial charge on any atom is 0.187 e. The topological polar surface area (TPSA) is 79.9 Å². The highest BCUT2D eigenvalue weighted by atomic mass is 28.4. The van der Waals surface area contributed by atoms with Crippen molar-refractivity contribution in [3.8, 4) is 0 Å². The third-order valence-corrected chi connectivity index (χ3v) is 5.55. The molecular formula is C16H36NO5Si4-. The van der Waals surface area contributed by atoms with Gasteiger partial charge < -0.3 is 28.5 Å². The summed E-state index contributed by atoms with van der Waals surface area (Å²) in [5.74, 6) is -0.421. The first-order valence-electron chi connectivity index (χ1n) is 8.64. The van der Waals surface area contributed by atoms with E-state index in [0.717, 1.165) is 6.42 Å². The summed E-state index contributed by atoms with van der Waals surface area (Å²) >= 11 is 0. The van der Waals surface area contributed by atoms with Crippen LogP contribution in [0.4, 0.5) is 4.79 Å². The first-order chi connectivity index (χ1) is 11.0. The van der Waals surface area contributed by atoms with E-state index in [1.807, 2.05) is 5.32 Å². The Hall–Kier alpha value is -0.242. The van der Waals surface area contributed by atoms with Crippen LogP contribution in [-0.2, 0) is 13.3 Å². The fourth-order valence-electron chi connectivity index (χ4n) is 2.19. The van der Waals surface area contributed by atoms with Gasteiger partial charge in [0.2, 0.25) is 0 Å². The van der Waals surface area contributed by atoms with E-state index < -0.39 is 36.8 Å². The fraction of sp³-hybridized carbons (Fsp3) is 0.812. The maximum atomic E-state index is 9.49. The van der Waals surface area contributed by atoms with E-state index in [0.29, 0.717) is 0 Å². The Bertz CT molecular complexity index is 439. The van der Waals surface area contributed by atoms with E-state index >= 15 is 0 Å². The van der Waals surface area contributed by atoms with Gasteiger partial charge in [-0.15, -0.1) is 6.58 Å². The first-order valence-corrected chi connectivity index (χ1v) is 18.9. The van der Waals surface area contributed by atoms with Crippen LogP contribution in [0.15, 0.2) is 12.7 Å². The molecule has 0 saturated heterocycles. The molecule has 4 radical (unpaired) electrons. The predicted octanol–water partition coefficient (Wildman–Crippen LogP) is 2.73. The zero-order valence-corrected chi connectivity index (χ0v) is 21.8. The van der Waals surface area contributed by atoms with Crippen molar-refractivity contribution < 1.29 is 23.2 Å². The van der Waals surface area contributed by atoms with Crippen LogP contribution in [0.25, 0.3) is 0 Å². The van der Waals surface area contributed by atoms with Crippen molar-refractivity contribution in [1.82, 2.24) is 5.32 Å². The average Bonchev–Trinajstić information content (AvgIpc) is 2.90. The first kappa shape index (κ1) is 28.0. The lowest BCUT2D eigenvalue weighted by Gasteiger charge is -2.33. The Morgan fingerprint density at radius 3 is 1.73 bits per heavy atom. The minimum atomic E-state index is -1.61. The molecule has 1 N–H and O–H groups in total. The lowest BCUT2D eigenvalue weighted by atomic mass is 10.6. The zero-order chi connectivity index (χ0) is 20.1.